The highest BCUT2D eigenvalue weighted by atomic mass is 35.5. The summed E-state index contributed by atoms with van der Waals surface area (Å²) in [7, 11) is 4.22. The topological polar surface area (TPSA) is 29.3 Å². The van der Waals surface area contributed by atoms with Crippen molar-refractivity contribution in [1.82, 2.24) is 4.90 Å². The van der Waals surface area contributed by atoms with Crippen molar-refractivity contribution in [2.75, 3.05) is 14.1 Å². The van der Waals surface area contributed by atoms with Crippen molar-refractivity contribution in [2.24, 2.45) is 5.73 Å². The molecule has 1 saturated carbocycles. The largest absolute Gasteiger partial charge is 0.326 e. The molecule has 2 N–H and O–H groups in total. The van der Waals surface area contributed by atoms with E-state index >= 15 is 0 Å². The number of nitrogens with zero attached hydrogens (tertiary/aromatic N) is 1. The maximum absolute atomic E-state index is 13.6. The van der Waals surface area contributed by atoms with Crippen LogP contribution in [0.1, 0.15) is 44.1 Å². The zero-order valence-corrected chi connectivity index (χ0v) is 13.8. The Morgan fingerprint density at radius 3 is 2.43 bits per heavy atom. The second-order valence-corrected chi connectivity index (χ2v) is 6.81. The lowest BCUT2D eigenvalue weighted by Crippen LogP contribution is -2.58. The fourth-order valence-electron chi connectivity index (χ4n) is 3.62. The molecule has 2 nitrogen and oxygen atoms in total. The molecule has 0 aliphatic heterocycles. The molecule has 0 amide bonds. The van der Waals surface area contributed by atoms with Gasteiger partial charge < -0.3 is 10.6 Å². The molecule has 1 aliphatic carbocycles. The second kappa shape index (κ2) is 7.08. The Morgan fingerprint density at radius 1 is 1.24 bits per heavy atom. The third-order valence-corrected chi connectivity index (χ3v) is 5.44. The predicted molar refractivity (Wildman–Crippen MR) is 87.2 cm³/mol. The van der Waals surface area contributed by atoms with Crippen molar-refractivity contribution in [3.05, 3.63) is 34.6 Å². The molecule has 0 spiro atoms. The number of halogens is 2. The molecule has 2 rings (SSSR count). The van der Waals surface area contributed by atoms with E-state index in [9.17, 15) is 4.39 Å². The molecule has 118 valence electrons. The Balaban J connectivity index is 2.22. The van der Waals surface area contributed by atoms with Crippen LogP contribution in [0.3, 0.4) is 0 Å². The minimum Gasteiger partial charge on any atom is -0.326 e. The molecular weight excluding hydrogens is 287 g/mol. The van der Waals surface area contributed by atoms with Crippen LogP contribution in [-0.4, -0.2) is 30.6 Å². The smallest absolute Gasteiger partial charge is 0.142 e. The molecule has 1 atom stereocenters. The summed E-state index contributed by atoms with van der Waals surface area (Å²) < 4.78 is 13.6. The van der Waals surface area contributed by atoms with Gasteiger partial charge in [0.25, 0.3) is 0 Å². The molecule has 1 aliphatic rings. The van der Waals surface area contributed by atoms with Crippen LogP contribution < -0.4 is 5.73 Å². The van der Waals surface area contributed by atoms with E-state index in [1.54, 1.807) is 6.07 Å². The van der Waals surface area contributed by atoms with E-state index in [1.165, 1.54) is 31.7 Å². The van der Waals surface area contributed by atoms with Gasteiger partial charge in [-0.05, 0) is 45.0 Å². The highest BCUT2D eigenvalue weighted by Crippen LogP contribution is 2.35. The zero-order valence-electron chi connectivity index (χ0n) is 13.0. The van der Waals surface area contributed by atoms with Crippen LogP contribution in [0.5, 0.6) is 0 Å². The van der Waals surface area contributed by atoms with Crippen LogP contribution in [0.4, 0.5) is 4.39 Å². The van der Waals surface area contributed by atoms with E-state index in [0.717, 1.165) is 18.4 Å². The number of likely N-dealkylation sites (N-methyl/N-ethyl adjacent to an activating group) is 1. The van der Waals surface area contributed by atoms with Crippen molar-refractivity contribution in [3.63, 3.8) is 0 Å². The molecule has 0 bridgehead atoms. The Hall–Kier alpha value is -0.640. The standard InChI is InChI=1S/C17H26ClFN2/c1-21(2)17(10-5-3-4-6-11-17)15(20)12-13-8-7-9-14(19)16(13)18/h7-9,15H,3-6,10-12,20H2,1-2H3. The molecule has 0 heterocycles. The quantitative estimate of drug-likeness (QED) is 0.851. The van der Waals surface area contributed by atoms with E-state index in [1.807, 2.05) is 6.07 Å². The highest BCUT2D eigenvalue weighted by molar-refractivity contribution is 6.31. The lowest BCUT2D eigenvalue weighted by Gasteiger charge is -2.44. The van der Waals surface area contributed by atoms with Crippen molar-refractivity contribution >= 4 is 11.6 Å². The van der Waals surface area contributed by atoms with Crippen LogP contribution >= 0.6 is 11.6 Å². The summed E-state index contributed by atoms with van der Waals surface area (Å²) in [5, 5.41) is 0.218. The third kappa shape index (κ3) is 3.58. The minimum atomic E-state index is -0.360. The van der Waals surface area contributed by atoms with E-state index in [-0.39, 0.29) is 22.4 Å². The Morgan fingerprint density at radius 2 is 1.86 bits per heavy atom. The van der Waals surface area contributed by atoms with Gasteiger partial charge in [0.15, 0.2) is 0 Å². The predicted octanol–water partition coefficient (Wildman–Crippen LogP) is 4.00. The maximum Gasteiger partial charge on any atom is 0.142 e. The molecule has 1 aromatic carbocycles. The monoisotopic (exact) mass is 312 g/mol. The zero-order chi connectivity index (χ0) is 15.5. The fraction of sp³-hybridized carbons (Fsp3) is 0.647. The molecule has 0 saturated heterocycles. The average Bonchev–Trinajstić information content (AvgIpc) is 2.70. The van der Waals surface area contributed by atoms with Crippen molar-refractivity contribution in [3.8, 4) is 0 Å². The molecule has 4 heteroatoms. The third-order valence-electron chi connectivity index (χ3n) is 5.02. The Labute approximate surface area is 132 Å². The summed E-state index contributed by atoms with van der Waals surface area (Å²) in [6.45, 7) is 0. The Bertz CT molecular complexity index is 468. The van der Waals surface area contributed by atoms with Crippen LogP contribution in [0.15, 0.2) is 18.2 Å². The van der Waals surface area contributed by atoms with E-state index < -0.39 is 0 Å². The molecule has 0 radical (unpaired) electrons. The summed E-state index contributed by atoms with van der Waals surface area (Å²) >= 11 is 6.09. The molecule has 1 aromatic rings. The average molecular weight is 313 g/mol. The van der Waals surface area contributed by atoms with Gasteiger partial charge in [-0.1, -0.05) is 49.4 Å². The normalized spacial score (nSPS) is 20.3. The summed E-state index contributed by atoms with van der Waals surface area (Å²) in [4.78, 5) is 2.27. The SMILES string of the molecule is CN(C)C1(C(N)Cc2cccc(F)c2Cl)CCCCCC1. The number of hydrogen-bond acceptors (Lipinski definition) is 2. The molecule has 21 heavy (non-hydrogen) atoms. The van der Waals surface area contributed by atoms with Crippen LogP contribution in [0.2, 0.25) is 5.02 Å². The summed E-state index contributed by atoms with van der Waals surface area (Å²) in [6.07, 6.45) is 7.81. The minimum absolute atomic E-state index is 0.00779. The second-order valence-electron chi connectivity index (χ2n) is 6.44. The van der Waals surface area contributed by atoms with Gasteiger partial charge in [-0.3, -0.25) is 0 Å². The number of benzene rings is 1. The fourth-order valence-corrected chi connectivity index (χ4v) is 3.83. The summed E-state index contributed by atoms with van der Waals surface area (Å²) in [5.41, 5.74) is 7.39. The maximum atomic E-state index is 13.6. The van der Waals surface area contributed by atoms with Crippen molar-refractivity contribution in [2.45, 2.75) is 56.5 Å². The van der Waals surface area contributed by atoms with Gasteiger partial charge in [-0.25, -0.2) is 4.39 Å². The van der Waals surface area contributed by atoms with Crippen molar-refractivity contribution in [1.29, 1.82) is 0 Å². The highest BCUT2D eigenvalue weighted by Gasteiger charge is 2.39. The molecule has 0 aromatic heterocycles. The lowest BCUT2D eigenvalue weighted by atomic mass is 9.79. The number of hydrogen-bond donors (Lipinski definition) is 1. The van der Waals surface area contributed by atoms with Gasteiger partial charge in [-0.2, -0.15) is 0 Å². The van der Waals surface area contributed by atoms with E-state index in [0.29, 0.717) is 6.42 Å². The van der Waals surface area contributed by atoms with Crippen LogP contribution in [0.25, 0.3) is 0 Å². The number of nitrogens with two attached hydrogens (primary N) is 1. The van der Waals surface area contributed by atoms with Gasteiger partial charge in [0.05, 0.1) is 5.02 Å². The van der Waals surface area contributed by atoms with Gasteiger partial charge >= 0.3 is 0 Å². The summed E-state index contributed by atoms with van der Waals surface area (Å²) in [6, 6.07) is 4.94. The molecule has 1 unspecified atom stereocenters. The van der Waals surface area contributed by atoms with E-state index in [2.05, 4.69) is 19.0 Å². The molecule has 1 fully saturated rings. The van der Waals surface area contributed by atoms with Gasteiger partial charge in [0.2, 0.25) is 0 Å². The summed E-state index contributed by atoms with van der Waals surface area (Å²) in [5.74, 6) is -0.360. The first-order valence-corrected chi connectivity index (χ1v) is 8.21. The van der Waals surface area contributed by atoms with Crippen LogP contribution in [0, 0.1) is 5.82 Å². The van der Waals surface area contributed by atoms with E-state index in [4.69, 9.17) is 17.3 Å². The van der Waals surface area contributed by atoms with Crippen LogP contribution in [-0.2, 0) is 6.42 Å². The first-order chi connectivity index (χ1) is 9.97. The number of rotatable bonds is 4. The molecular formula is C17H26ClFN2. The van der Waals surface area contributed by atoms with Gasteiger partial charge in [0, 0.05) is 11.6 Å². The van der Waals surface area contributed by atoms with Gasteiger partial charge in [0.1, 0.15) is 5.82 Å². The first kappa shape index (κ1) is 16.7. The lowest BCUT2D eigenvalue weighted by molar-refractivity contribution is 0.0968. The first-order valence-electron chi connectivity index (χ1n) is 7.83. The Kier molecular flexibility index (Phi) is 5.64. The van der Waals surface area contributed by atoms with Crippen molar-refractivity contribution < 1.29 is 4.39 Å². The van der Waals surface area contributed by atoms with Gasteiger partial charge in [-0.15, -0.1) is 0 Å².